The van der Waals surface area contributed by atoms with E-state index < -0.39 is 10.8 Å². The molecule has 108 valence electrons. The van der Waals surface area contributed by atoms with Crippen LogP contribution in [0, 0.1) is 17.0 Å². The smallest absolute Gasteiger partial charge is 0.288 e. The molecule has 1 N–H and O–H groups in total. The van der Waals surface area contributed by atoms with Crippen LogP contribution in [0.2, 0.25) is 5.15 Å². The number of amides is 1. The van der Waals surface area contributed by atoms with Crippen LogP contribution < -0.4 is 5.32 Å². The topological polar surface area (TPSA) is 98.0 Å². The highest BCUT2D eigenvalue weighted by atomic mass is 35.5. The summed E-state index contributed by atoms with van der Waals surface area (Å²) in [7, 11) is 0. The molecule has 0 aliphatic rings. The third-order valence-corrected chi connectivity index (χ3v) is 3.17. The van der Waals surface area contributed by atoms with E-state index in [1.807, 2.05) is 13.0 Å². The molecule has 8 heteroatoms. The van der Waals surface area contributed by atoms with Crippen molar-refractivity contribution in [1.82, 2.24) is 15.3 Å². The van der Waals surface area contributed by atoms with Crippen molar-refractivity contribution in [3.63, 3.8) is 0 Å². The van der Waals surface area contributed by atoms with E-state index in [2.05, 4.69) is 15.3 Å². The number of halogens is 1. The fraction of sp³-hybridized carbons (Fsp3) is 0.154. The van der Waals surface area contributed by atoms with Crippen LogP contribution in [0.15, 0.2) is 30.7 Å². The molecule has 0 spiro atoms. The second-order valence-corrected chi connectivity index (χ2v) is 4.63. The van der Waals surface area contributed by atoms with Crippen molar-refractivity contribution in [2.45, 2.75) is 13.5 Å². The lowest BCUT2D eigenvalue weighted by molar-refractivity contribution is -0.385. The quantitative estimate of drug-likeness (QED) is 0.531. The van der Waals surface area contributed by atoms with Crippen LogP contribution in [0.4, 0.5) is 5.69 Å². The molecule has 2 aromatic heterocycles. The molecule has 0 saturated heterocycles. The summed E-state index contributed by atoms with van der Waals surface area (Å²) < 4.78 is 0. The zero-order chi connectivity index (χ0) is 15.4. The number of aromatic nitrogens is 2. The maximum absolute atomic E-state index is 12.0. The Morgan fingerprint density at radius 2 is 2.24 bits per heavy atom. The van der Waals surface area contributed by atoms with Crippen LogP contribution in [0.5, 0.6) is 0 Å². The molecule has 1 amide bonds. The van der Waals surface area contributed by atoms with Gasteiger partial charge in [0.1, 0.15) is 11.3 Å². The SMILES string of the molecule is Cc1ccncc1CNC(=O)c1cc([N+](=O)[O-])cnc1Cl. The van der Waals surface area contributed by atoms with Gasteiger partial charge in [0, 0.05) is 25.0 Å². The monoisotopic (exact) mass is 306 g/mol. The Labute approximate surface area is 125 Å². The number of hydrogen-bond acceptors (Lipinski definition) is 5. The van der Waals surface area contributed by atoms with E-state index in [0.29, 0.717) is 0 Å². The lowest BCUT2D eigenvalue weighted by Crippen LogP contribution is -2.24. The van der Waals surface area contributed by atoms with E-state index in [9.17, 15) is 14.9 Å². The molecule has 2 heterocycles. The number of aryl methyl sites for hydroxylation is 1. The highest BCUT2D eigenvalue weighted by Crippen LogP contribution is 2.19. The summed E-state index contributed by atoms with van der Waals surface area (Å²) in [5.41, 5.74) is 1.50. The number of carbonyl (C=O) groups is 1. The Bertz CT molecular complexity index is 706. The first-order valence-corrected chi connectivity index (χ1v) is 6.34. The van der Waals surface area contributed by atoms with Crippen LogP contribution in [-0.2, 0) is 6.54 Å². The summed E-state index contributed by atoms with van der Waals surface area (Å²) in [5.74, 6) is -0.528. The van der Waals surface area contributed by atoms with Crippen molar-refractivity contribution >= 4 is 23.2 Å². The number of rotatable bonds is 4. The zero-order valence-electron chi connectivity index (χ0n) is 11.0. The minimum atomic E-state index is -0.634. The van der Waals surface area contributed by atoms with E-state index >= 15 is 0 Å². The Hall–Kier alpha value is -2.54. The number of nitrogens with one attached hydrogen (secondary N) is 1. The van der Waals surface area contributed by atoms with Crippen LogP contribution in [-0.4, -0.2) is 20.8 Å². The average molecular weight is 307 g/mol. The number of hydrogen-bond donors (Lipinski definition) is 1. The summed E-state index contributed by atoms with van der Waals surface area (Å²) in [5, 5.41) is 13.2. The Balaban J connectivity index is 2.15. The van der Waals surface area contributed by atoms with E-state index in [0.717, 1.165) is 23.4 Å². The highest BCUT2D eigenvalue weighted by Gasteiger charge is 2.17. The van der Waals surface area contributed by atoms with E-state index in [4.69, 9.17) is 11.6 Å². The van der Waals surface area contributed by atoms with Gasteiger partial charge in [0.25, 0.3) is 11.6 Å². The maximum Gasteiger partial charge on any atom is 0.288 e. The molecule has 0 unspecified atom stereocenters. The Morgan fingerprint density at radius 3 is 2.90 bits per heavy atom. The summed E-state index contributed by atoms with van der Waals surface area (Å²) in [6.45, 7) is 2.14. The first-order chi connectivity index (χ1) is 9.99. The molecule has 0 aliphatic heterocycles. The lowest BCUT2D eigenvalue weighted by atomic mass is 10.1. The first-order valence-electron chi connectivity index (χ1n) is 5.96. The normalized spacial score (nSPS) is 10.2. The third-order valence-electron chi connectivity index (χ3n) is 2.87. The molecule has 2 rings (SSSR count). The Morgan fingerprint density at radius 1 is 1.48 bits per heavy atom. The Kier molecular flexibility index (Phi) is 4.44. The van der Waals surface area contributed by atoms with Crippen molar-refractivity contribution in [2.24, 2.45) is 0 Å². The van der Waals surface area contributed by atoms with Gasteiger partial charge in [0.2, 0.25) is 0 Å². The molecule has 7 nitrogen and oxygen atoms in total. The van der Waals surface area contributed by atoms with Gasteiger partial charge >= 0.3 is 0 Å². The average Bonchev–Trinajstić information content (AvgIpc) is 2.46. The van der Waals surface area contributed by atoms with Crippen molar-refractivity contribution in [3.05, 3.63) is 62.7 Å². The number of carbonyl (C=O) groups excluding carboxylic acids is 1. The summed E-state index contributed by atoms with van der Waals surface area (Å²) in [6.07, 6.45) is 4.30. The van der Waals surface area contributed by atoms with Crippen molar-refractivity contribution < 1.29 is 9.72 Å². The van der Waals surface area contributed by atoms with E-state index in [1.165, 1.54) is 0 Å². The summed E-state index contributed by atoms with van der Waals surface area (Å²) in [4.78, 5) is 29.7. The minimum absolute atomic E-state index is 0.0348. The predicted octanol–water partition coefficient (Wildman–Crippen LogP) is 2.28. The van der Waals surface area contributed by atoms with Crippen molar-refractivity contribution in [1.29, 1.82) is 0 Å². The van der Waals surface area contributed by atoms with Gasteiger partial charge in [-0.3, -0.25) is 19.9 Å². The minimum Gasteiger partial charge on any atom is -0.348 e. The molecule has 2 aromatic rings. The van der Waals surface area contributed by atoms with Gasteiger partial charge in [0.15, 0.2) is 0 Å². The predicted molar refractivity (Wildman–Crippen MR) is 76.0 cm³/mol. The van der Waals surface area contributed by atoms with E-state index in [-0.39, 0.29) is 22.9 Å². The van der Waals surface area contributed by atoms with Crippen molar-refractivity contribution in [2.75, 3.05) is 0 Å². The molecule has 0 saturated carbocycles. The molecule has 0 fully saturated rings. The molecule has 0 atom stereocenters. The number of pyridine rings is 2. The first kappa shape index (κ1) is 14.9. The standard InChI is InChI=1S/C13H11ClN4O3/c1-8-2-3-15-5-9(8)6-17-13(19)11-4-10(18(20)21)7-16-12(11)14/h2-5,7H,6H2,1H3,(H,17,19). The largest absolute Gasteiger partial charge is 0.348 e. The molecule has 0 aliphatic carbocycles. The number of nitrogens with zero attached hydrogens (tertiary/aromatic N) is 3. The molecule has 0 bridgehead atoms. The zero-order valence-corrected chi connectivity index (χ0v) is 11.8. The maximum atomic E-state index is 12.0. The van der Waals surface area contributed by atoms with Gasteiger partial charge in [-0.1, -0.05) is 11.6 Å². The second-order valence-electron chi connectivity index (χ2n) is 4.27. The second kappa shape index (κ2) is 6.27. The van der Waals surface area contributed by atoms with Crippen LogP contribution in [0.25, 0.3) is 0 Å². The molecule has 0 radical (unpaired) electrons. The van der Waals surface area contributed by atoms with Crippen LogP contribution in [0.3, 0.4) is 0 Å². The summed E-state index contributed by atoms with van der Waals surface area (Å²) in [6, 6.07) is 2.92. The van der Waals surface area contributed by atoms with Gasteiger partial charge in [-0.15, -0.1) is 0 Å². The number of nitro groups is 1. The van der Waals surface area contributed by atoms with Gasteiger partial charge in [-0.25, -0.2) is 4.98 Å². The van der Waals surface area contributed by atoms with Crippen LogP contribution >= 0.6 is 11.6 Å². The van der Waals surface area contributed by atoms with Crippen molar-refractivity contribution in [3.8, 4) is 0 Å². The fourth-order valence-electron chi connectivity index (χ4n) is 1.65. The molecule has 21 heavy (non-hydrogen) atoms. The summed E-state index contributed by atoms with van der Waals surface area (Å²) >= 11 is 5.80. The third kappa shape index (κ3) is 3.51. The lowest BCUT2D eigenvalue weighted by Gasteiger charge is -2.08. The molecular weight excluding hydrogens is 296 g/mol. The molecule has 0 aromatic carbocycles. The fourth-order valence-corrected chi connectivity index (χ4v) is 1.84. The van der Waals surface area contributed by atoms with Gasteiger partial charge in [0.05, 0.1) is 10.5 Å². The van der Waals surface area contributed by atoms with Gasteiger partial charge in [-0.2, -0.15) is 0 Å². The van der Waals surface area contributed by atoms with Crippen LogP contribution in [0.1, 0.15) is 21.5 Å². The highest BCUT2D eigenvalue weighted by molar-refractivity contribution is 6.32. The van der Waals surface area contributed by atoms with Gasteiger partial charge < -0.3 is 5.32 Å². The van der Waals surface area contributed by atoms with E-state index in [1.54, 1.807) is 12.4 Å². The van der Waals surface area contributed by atoms with Gasteiger partial charge in [-0.05, 0) is 24.1 Å². The molecular formula is C13H11ClN4O3.